The van der Waals surface area contributed by atoms with Crippen LogP contribution in [0.25, 0.3) is 0 Å². The molecule has 0 unspecified atom stereocenters. The van der Waals surface area contributed by atoms with E-state index < -0.39 is 0 Å². The fraction of sp³-hybridized carbons (Fsp3) is 0.824. The third-order valence-electron chi connectivity index (χ3n) is 4.71. The molecule has 2 fully saturated rings. The van der Waals surface area contributed by atoms with Crippen LogP contribution in [0.1, 0.15) is 51.3 Å². The number of amides is 1. The molecule has 0 aromatic carbocycles. The molecule has 2 aliphatic heterocycles. The molecule has 1 amide bonds. The number of ether oxygens (including phenoxy) is 1. The summed E-state index contributed by atoms with van der Waals surface area (Å²) in [7, 11) is 0. The van der Waals surface area contributed by atoms with E-state index in [-0.39, 0.29) is 12.0 Å². The van der Waals surface area contributed by atoms with Crippen molar-refractivity contribution in [1.29, 1.82) is 0 Å². The summed E-state index contributed by atoms with van der Waals surface area (Å²) in [5, 5.41) is 9.55. The number of carbonyl (C=O) groups excluding carboxylic acids is 1. The summed E-state index contributed by atoms with van der Waals surface area (Å²) < 4.78 is 7.95. The highest BCUT2D eigenvalue weighted by Gasteiger charge is 2.22. The van der Waals surface area contributed by atoms with Gasteiger partial charge in [-0.1, -0.05) is 18.7 Å². The van der Waals surface area contributed by atoms with Gasteiger partial charge in [-0.3, -0.25) is 4.79 Å². The Labute approximate surface area is 148 Å². The average molecular weight is 353 g/mol. The molecular formula is C17H28N4O2S. The Balaban J connectivity index is 1.61. The van der Waals surface area contributed by atoms with E-state index in [1.54, 1.807) is 0 Å². The Kier molecular flexibility index (Phi) is 6.54. The number of rotatable bonds is 7. The Morgan fingerprint density at radius 1 is 1.25 bits per heavy atom. The van der Waals surface area contributed by atoms with Crippen molar-refractivity contribution < 1.29 is 9.53 Å². The van der Waals surface area contributed by atoms with Crippen molar-refractivity contribution in [3.63, 3.8) is 0 Å². The highest BCUT2D eigenvalue weighted by molar-refractivity contribution is 7.99. The summed E-state index contributed by atoms with van der Waals surface area (Å²) >= 11 is 1.52. The molecule has 0 N–H and O–H groups in total. The predicted octanol–water partition coefficient (Wildman–Crippen LogP) is 2.51. The van der Waals surface area contributed by atoms with Gasteiger partial charge in [0, 0.05) is 26.1 Å². The molecule has 0 spiro atoms. The minimum absolute atomic E-state index is 0.225. The third-order valence-corrected chi connectivity index (χ3v) is 5.66. The second kappa shape index (κ2) is 8.85. The first-order chi connectivity index (χ1) is 11.8. The van der Waals surface area contributed by atoms with Gasteiger partial charge in [-0.15, -0.1) is 10.2 Å². The number of hydrogen-bond acceptors (Lipinski definition) is 5. The molecule has 6 nitrogen and oxygen atoms in total. The summed E-state index contributed by atoms with van der Waals surface area (Å²) in [5.41, 5.74) is 0. The monoisotopic (exact) mass is 352 g/mol. The summed E-state index contributed by atoms with van der Waals surface area (Å²) in [4.78, 5) is 14.4. The van der Waals surface area contributed by atoms with Gasteiger partial charge in [-0.05, 0) is 38.5 Å². The van der Waals surface area contributed by atoms with Crippen LogP contribution in [0.2, 0.25) is 0 Å². The molecule has 2 saturated heterocycles. The van der Waals surface area contributed by atoms with Crippen molar-refractivity contribution in [3.8, 4) is 0 Å². The molecule has 0 bridgehead atoms. The Morgan fingerprint density at radius 3 is 2.79 bits per heavy atom. The van der Waals surface area contributed by atoms with Crippen molar-refractivity contribution in [2.24, 2.45) is 0 Å². The van der Waals surface area contributed by atoms with Crippen LogP contribution < -0.4 is 0 Å². The zero-order valence-corrected chi connectivity index (χ0v) is 15.4. The van der Waals surface area contributed by atoms with E-state index in [1.807, 2.05) is 4.90 Å². The van der Waals surface area contributed by atoms with Gasteiger partial charge >= 0.3 is 0 Å². The van der Waals surface area contributed by atoms with Crippen molar-refractivity contribution in [2.45, 2.75) is 69.7 Å². The number of carbonyl (C=O) groups is 1. The average Bonchev–Trinajstić information content (AvgIpc) is 3.25. The summed E-state index contributed by atoms with van der Waals surface area (Å²) in [6, 6.07) is 0. The Bertz CT molecular complexity index is 537. The van der Waals surface area contributed by atoms with E-state index in [9.17, 15) is 4.79 Å². The molecule has 0 radical (unpaired) electrons. The van der Waals surface area contributed by atoms with Crippen LogP contribution in [-0.2, 0) is 22.5 Å². The Morgan fingerprint density at radius 2 is 2.08 bits per heavy atom. The quantitative estimate of drug-likeness (QED) is 0.706. The van der Waals surface area contributed by atoms with E-state index in [1.165, 1.54) is 18.2 Å². The normalized spacial score (nSPS) is 21.4. The van der Waals surface area contributed by atoms with E-state index in [2.05, 4.69) is 21.7 Å². The first-order valence-corrected chi connectivity index (χ1v) is 10.2. The smallest absolute Gasteiger partial charge is 0.233 e. The number of hydrogen-bond donors (Lipinski definition) is 0. The maximum atomic E-state index is 12.4. The number of nitrogens with zero attached hydrogens (tertiary/aromatic N) is 4. The van der Waals surface area contributed by atoms with Crippen LogP contribution in [0.3, 0.4) is 0 Å². The lowest BCUT2D eigenvalue weighted by atomic mass is 10.1. The first-order valence-electron chi connectivity index (χ1n) is 9.22. The van der Waals surface area contributed by atoms with Crippen molar-refractivity contribution >= 4 is 17.7 Å². The number of aromatic nitrogens is 3. The second-order valence-electron chi connectivity index (χ2n) is 6.62. The van der Waals surface area contributed by atoms with Crippen LogP contribution >= 0.6 is 11.8 Å². The highest BCUT2D eigenvalue weighted by Crippen LogP contribution is 2.22. The Hall–Kier alpha value is -1.08. The number of aryl methyl sites for hydroxylation is 1. The van der Waals surface area contributed by atoms with Gasteiger partial charge in [-0.2, -0.15) is 0 Å². The summed E-state index contributed by atoms with van der Waals surface area (Å²) in [6.45, 7) is 5.62. The molecule has 0 aliphatic carbocycles. The van der Waals surface area contributed by atoms with Gasteiger partial charge < -0.3 is 14.2 Å². The SMILES string of the molecule is CCCc1nnc(SCC(=O)N2CCCCC2)n1C[C@H]1CCCO1. The molecule has 134 valence electrons. The lowest BCUT2D eigenvalue weighted by Crippen LogP contribution is -2.36. The van der Waals surface area contributed by atoms with Gasteiger partial charge in [0.25, 0.3) is 0 Å². The second-order valence-corrected chi connectivity index (χ2v) is 7.57. The summed E-state index contributed by atoms with van der Waals surface area (Å²) in [6.07, 6.45) is 7.95. The van der Waals surface area contributed by atoms with Gasteiger partial charge in [0.2, 0.25) is 5.91 Å². The standard InChI is InChI=1S/C17H28N4O2S/c1-2-7-15-18-19-17(21(15)12-14-8-6-11-23-14)24-13-16(22)20-9-4-3-5-10-20/h14H,2-13H2,1H3/t14-/m1/s1. The number of likely N-dealkylation sites (tertiary alicyclic amines) is 1. The van der Waals surface area contributed by atoms with E-state index in [4.69, 9.17) is 4.74 Å². The molecular weight excluding hydrogens is 324 g/mol. The van der Waals surface area contributed by atoms with E-state index in [0.29, 0.717) is 5.75 Å². The van der Waals surface area contributed by atoms with Gasteiger partial charge in [-0.25, -0.2) is 0 Å². The maximum absolute atomic E-state index is 12.4. The van der Waals surface area contributed by atoms with Gasteiger partial charge in [0.05, 0.1) is 18.4 Å². The number of thioether (sulfide) groups is 1. The topological polar surface area (TPSA) is 60.2 Å². The van der Waals surface area contributed by atoms with Crippen LogP contribution in [0.15, 0.2) is 5.16 Å². The largest absolute Gasteiger partial charge is 0.376 e. The molecule has 0 saturated carbocycles. The lowest BCUT2D eigenvalue weighted by Gasteiger charge is -2.26. The fourth-order valence-electron chi connectivity index (χ4n) is 3.37. The van der Waals surface area contributed by atoms with Crippen molar-refractivity contribution in [3.05, 3.63) is 5.82 Å². The minimum atomic E-state index is 0.225. The van der Waals surface area contributed by atoms with Crippen LogP contribution in [0.5, 0.6) is 0 Å². The van der Waals surface area contributed by atoms with Crippen LogP contribution in [-0.4, -0.2) is 57.1 Å². The number of piperidine rings is 1. The molecule has 3 rings (SSSR count). The molecule has 3 heterocycles. The first kappa shape index (κ1) is 17.7. The van der Waals surface area contributed by atoms with Gasteiger partial charge in [0.15, 0.2) is 5.16 Å². The summed E-state index contributed by atoms with van der Waals surface area (Å²) in [5.74, 6) is 1.69. The highest BCUT2D eigenvalue weighted by atomic mass is 32.2. The van der Waals surface area contributed by atoms with Gasteiger partial charge in [0.1, 0.15) is 5.82 Å². The fourth-order valence-corrected chi connectivity index (χ4v) is 4.24. The van der Waals surface area contributed by atoms with Crippen LogP contribution in [0, 0.1) is 0 Å². The van der Waals surface area contributed by atoms with Crippen molar-refractivity contribution in [2.75, 3.05) is 25.4 Å². The van der Waals surface area contributed by atoms with Crippen LogP contribution in [0.4, 0.5) is 0 Å². The van der Waals surface area contributed by atoms with Crippen molar-refractivity contribution in [1.82, 2.24) is 19.7 Å². The molecule has 7 heteroatoms. The molecule has 1 aromatic heterocycles. The maximum Gasteiger partial charge on any atom is 0.233 e. The van der Waals surface area contributed by atoms with E-state index >= 15 is 0 Å². The zero-order chi connectivity index (χ0) is 16.8. The molecule has 2 aliphatic rings. The predicted molar refractivity (Wildman–Crippen MR) is 94.1 cm³/mol. The van der Waals surface area contributed by atoms with E-state index in [0.717, 1.165) is 75.7 Å². The lowest BCUT2D eigenvalue weighted by molar-refractivity contribution is -0.129. The molecule has 1 aromatic rings. The third kappa shape index (κ3) is 4.51. The zero-order valence-electron chi connectivity index (χ0n) is 14.6. The molecule has 1 atom stereocenters. The minimum Gasteiger partial charge on any atom is -0.376 e. The molecule has 24 heavy (non-hydrogen) atoms.